The summed E-state index contributed by atoms with van der Waals surface area (Å²) in [6, 6.07) is 0. The Hall–Kier alpha value is -1.31. The lowest BCUT2D eigenvalue weighted by Crippen LogP contribution is -2.19. The van der Waals surface area contributed by atoms with Crippen LogP contribution in [0.3, 0.4) is 0 Å². The van der Waals surface area contributed by atoms with Crippen LogP contribution >= 0.6 is 0 Å². The summed E-state index contributed by atoms with van der Waals surface area (Å²) in [6.07, 6.45) is 16.4. The van der Waals surface area contributed by atoms with Crippen molar-refractivity contribution < 1.29 is 9.53 Å². The summed E-state index contributed by atoms with van der Waals surface area (Å²) in [5, 5.41) is 0. The van der Waals surface area contributed by atoms with Gasteiger partial charge in [0.05, 0.1) is 7.11 Å². The van der Waals surface area contributed by atoms with E-state index in [0.717, 1.165) is 12.8 Å². The molecule has 1 fully saturated rings. The lowest BCUT2D eigenvalue weighted by Gasteiger charge is -2.30. The zero-order chi connectivity index (χ0) is 12.1. The van der Waals surface area contributed by atoms with E-state index in [1.54, 1.807) is 6.08 Å². The SMILES string of the molecule is COC(=O)C=C1CCCC[C@H]1C1C=CCC=C1. The second kappa shape index (κ2) is 5.85. The molecule has 0 unspecified atom stereocenters. The number of carbonyl (C=O) groups excluding carboxylic acids is 1. The van der Waals surface area contributed by atoms with Crippen LogP contribution in [0.4, 0.5) is 0 Å². The third kappa shape index (κ3) is 3.09. The first-order valence-corrected chi connectivity index (χ1v) is 6.43. The molecule has 0 radical (unpaired) electrons. The molecule has 1 saturated carbocycles. The van der Waals surface area contributed by atoms with Crippen molar-refractivity contribution in [2.24, 2.45) is 11.8 Å². The van der Waals surface area contributed by atoms with Gasteiger partial charge < -0.3 is 4.74 Å². The lowest BCUT2D eigenvalue weighted by atomic mass is 9.75. The zero-order valence-electron chi connectivity index (χ0n) is 10.4. The molecule has 0 bridgehead atoms. The zero-order valence-corrected chi connectivity index (χ0v) is 10.4. The van der Waals surface area contributed by atoms with E-state index in [1.165, 1.54) is 31.9 Å². The second-order valence-corrected chi connectivity index (χ2v) is 4.76. The summed E-state index contributed by atoms with van der Waals surface area (Å²) in [6.45, 7) is 0. The Kier molecular flexibility index (Phi) is 4.18. The summed E-state index contributed by atoms with van der Waals surface area (Å²) in [5.41, 5.74) is 1.27. The van der Waals surface area contributed by atoms with Gasteiger partial charge >= 0.3 is 5.97 Å². The van der Waals surface area contributed by atoms with E-state index < -0.39 is 0 Å². The van der Waals surface area contributed by atoms with Crippen LogP contribution in [0.15, 0.2) is 36.0 Å². The predicted molar refractivity (Wildman–Crippen MR) is 68.4 cm³/mol. The van der Waals surface area contributed by atoms with Gasteiger partial charge in [0, 0.05) is 12.0 Å². The van der Waals surface area contributed by atoms with Crippen molar-refractivity contribution in [2.75, 3.05) is 7.11 Å². The molecule has 2 nitrogen and oxygen atoms in total. The molecule has 2 aliphatic rings. The first-order valence-electron chi connectivity index (χ1n) is 6.43. The summed E-state index contributed by atoms with van der Waals surface area (Å²) < 4.78 is 4.74. The van der Waals surface area contributed by atoms with Crippen molar-refractivity contribution in [1.29, 1.82) is 0 Å². The Morgan fingerprint density at radius 2 is 2.12 bits per heavy atom. The Morgan fingerprint density at radius 3 is 2.82 bits per heavy atom. The highest BCUT2D eigenvalue weighted by atomic mass is 16.5. The monoisotopic (exact) mass is 232 g/mol. The largest absolute Gasteiger partial charge is 0.466 e. The average molecular weight is 232 g/mol. The van der Waals surface area contributed by atoms with E-state index in [0.29, 0.717) is 11.8 Å². The molecule has 17 heavy (non-hydrogen) atoms. The van der Waals surface area contributed by atoms with Crippen LogP contribution in [-0.2, 0) is 9.53 Å². The molecule has 1 atom stereocenters. The van der Waals surface area contributed by atoms with Gasteiger partial charge in [0.25, 0.3) is 0 Å². The molecular weight excluding hydrogens is 212 g/mol. The molecule has 0 aliphatic heterocycles. The molecule has 0 saturated heterocycles. The van der Waals surface area contributed by atoms with Gasteiger partial charge in [0.15, 0.2) is 0 Å². The molecule has 2 aliphatic carbocycles. The number of rotatable bonds is 2. The summed E-state index contributed by atoms with van der Waals surface area (Å²) in [7, 11) is 1.44. The van der Waals surface area contributed by atoms with E-state index in [-0.39, 0.29) is 5.97 Å². The van der Waals surface area contributed by atoms with Gasteiger partial charge in [0.2, 0.25) is 0 Å². The van der Waals surface area contributed by atoms with Crippen LogP contribution in [-0.4, -0.2) is 13.1 Å². The smallest absolute Gasteiger partial charge is 0.330 e. The second-order valence-electron chi connectivity index (χ2n) is 4.76. The average Bonchev–Trinajstić information content (AvgIpc) is 2.40. The van der Waals surface area contributed by atoms with Gasteiger partial charge in [-0.25, -0.2) is 4.79 Å². The number of ether oxygens (including phenoxy) is 1. The molecule has 0 aromatic heterocycles. The highest BCUT2D eigenvalue weighted by molar-refractivity contribution is 5.82. The van der Waals surface area contributed by atoms with Crippen LogP contribution < -0.4 is 0 Å². The molecule has 0 amide bonds. The first-order chi connectivity index (χ1) is 8.31. The maximum atomic E-state index is 11.4. The standard InChI is InChI=1S/C15H20O2/c1-17-15(16)11-13-9-5-6-10-14(13)12-7-3-2-4-8-12/h3-4,7-8,11-12,14H,2,5-6,9-10H2,1H3/t14-/m0/s1. The fourth-order valence-corrected chi connectivity index (χ4v) is 2.78. The van der Waals surface area contributed by atoms with Crippen molar-refractivity contribution in [3.8, 4) is 0 Å². The molecule has 2 rings (SSSR count). The van der Waals surface area contributed by atoms with Gasteiger partial charge in [-0.3, -0.25) is 0 Å². The molecule has 0 heterocycles. The minimum Gasteiger partial charge on any atom is -0.466 e. The minimum atomic E-state index is -0.212. The predicted octanol–water partition coefficient (Wildman–Crippen LogP) is 3.41. The van der Waals surface area contributed by atoms with Crippen molar-refractivity contribution in [3.05, 3.63) is 36.0 Å². The number of carbonyl (C=O) groups is 1. The van der Waals surface area contributed by atoms with Crippen molar-refractivity contribution in [1.82, 2.24) is 0 Å². The minimum absolute atomic E-state index is 0.212. The van der Waals surface area contributed by atoms with Crippen LogP contribution in [0, 0.1) is 11.8 Å². The highest BCUT2D eigenvalue weighted by Gasteiger charge is 2.25. The first kappa shape index (κ1) is 12.2. The quantitative estimate of drug-likeness (QED) is 0.414. The van der Waals surface area contributed by atoms with Gasteiger partial charge in [-0.1, -0.05) is 36.3 Å². The Labute approximate surface area is 103 Å². The number of allylic oxidation sites excluding steroid dienone is 5. The third-order valence-corrected chi connectivity index (χ3v) is 3.66. The molecule has 0 spiro atoms. The Bertz CT molecular complexity index is 351. The van der Waals surface area contributed by atoms with Gasteiger partial charge in [-0.15, -0.1) is 0 Å². The van der Waals surface area contributed by atoms with Gasteiger partial charge in [-0.05, 0) is 31.6 Å². The number of hydrogen-bond acceptors (Lipinski definition) is 2. The molecule has 92 valence electrons. The number of methoxy groups -OCH3 is 1. The molecule has 0 aromatic rings. The maximum Gasteiger partial charge on any atom is 0.330 e. The van der Waals surface area contributed by atoms with Crippen molar-refractivity contribution >= 4 is 5.97 Å². The van der Waals surface area contributed by atoms with Gasteiger partial charge in [0.1, 0.15) is 0 Å². The van der Waals surface area contributed by atoms with Crippen molar-refractivity contribution in [3.63, 3.8) is 0 Å². The fraction of sp³-hybridized carbons (Fsp3) is 0.533. The fourth-order valence-electron chi connectivity index (χ4n) is 2.78. The molecule has 0 N–H and O–H groups in total. The molecule has 0 aromatic carbocycles. The number of esters is 1. The summed E-state index contributed by atoms with van der Waals surface area (Å²) in [4.78, 5) is 11.4. The van der Waals surface area contributed by atoms with Crippen LogP contribution in [0.2, 0.25) is 0 Å². The van der Waals surface area contributed by atoms with E-state index >= 15 is 0 Å². The molecular formula is C15H20O2. The maximum absolute atomic E-state index is 11.4. The Morgan fingerprint density at radius 1 is 1.35 bits per heavy atom. The van der Waals surface area contributed by atoms with E-state index in [4.69, 9.17) is 4.74 Å². The Balaban J connectivity index is 2.14. The third-order valence-electron chi connectivity index (χ3n) is 3.66. The highest BCUT2D eigenvalue weighted by Crippen LogP contribution is 2.37. The summed E-state index contributed by atoms with van der Waals surface area (Å²) >= 11 is 0. The van der Waals surface area contributed by atoms with Crippen LogP contribution in [0.25, 0.3) is 0 Å². The number of hydrogen-bond donors (Lipinski definition) is 0. The topological polar surface area (TPSA) is 26.3 Å². The molecule has 2 heteroatoms. The lowest BCUT2D eigenvalue weighted by molar-refractivity contribution is -0.134. The van der Waals surface area contributed by atoms with E-state index in [2.05, 4.69) is 24.3 Å². The van der Waals surface area contributed by atoms with Crippen molar-refractivity contribution in [2.45, 2.75) is 32.1 Å². The van der Waals surface area contributed by atoms with E-state index in [9.17, 15) is 4.79 Å². The van der Waals surface area contributed by atoms with Crippen LogP contribution in [0.5, 0.6) is 0 Å². The summed E-state index contributed by atoms with van der Waals surface area (Å²) in [5.74, 6) is 0.756. The van der Waals surface area contributed by atoms with E-state index in [1.807, 2.05) is 0 Å². The van der Waals surface area contributed by atoms with Gasteiger partial charge in [-0.2, -0.15) is 0 Å². The normalized spacial score (nSPS) is 27.4. The van der Waals surface area contributed by atoms with Crippen LogP contribution in [0.1, 0.15) is 32.1 Å².